The Morgan fingerprint density at radius 1 is 0.231 bits per heavy atom. The molecular weight excluding hydrogens is 781 g/mol. The maximum Gasteiger partial charge on any atom is -0.00921 e. The van der Waals surface area contributed by atoms with Crippen LogP contribution in [0.1, 0.15) is 31.9 Å². The van der Waals surface area contributed by atoms with Crippen molar-refractivity contribution >= 4 is 64.6 Å². The predicted octanol–water partition coefficient (Wildman–Crippen LogP) is 18.5. The molecule has 0 bridgehead atoms. The monoisotopic (exact) mass is 828 g/mol. The lowest BCUT2D eigenvalue weighted by Gasteiger charge is -2.22. The topological polar surface area (TPSA) is 0 Å². The molecule has 0 unspecified atom stereocenters. The Balaban J connectivity index is 1.18. The standard InChI is InChI=1S/C65H48/c1-41-33-57-55(44-23-13-7-14-24-44)39-60-49-28-18-17-27-48(49)53(42-19-9-5-10-20-42)38-64(60)62(57)36-52(41)46-29-31-50-54(43-21-11-6-12-22-43)37-61-51-32-30-47(65(2,3)4)35-59(51)56(40-63(61)58(50)34-46)45-25-15-8-16-26-45/h5-40H,1-4H3. The fraction of sp³-hybridized carbons (Fsp3) is 0.0769. The summed E-state index contributed by atoms with van der Waals surface area (Å²) in [5, 5.41) is 15.2. The molecule has 65 heavy (non-hydrogen) atoms. The van der Waals surface area contributed by atoms with Crippen LogP contribution in [0.3, 0.4) is 0 Å². The third kappa shape index (κ3) is 6.51. The Hall–Kier alpha value is -7.80. The Labute approximate surface area is 381 Å². The lowest BCUT2D eigenvalue weighted by Crippen LogP contribution is -2.10. The number of benzene rings is 12. The van der Waals surface area contributed by atoms with Crippen LogP contribution < -0.4 is 0 Å². The molecule has 12 aromatic carbocycles. The molecule has 0 heteroatoms. The molecule has 0 aliphatic heterocycles. The van der Waals surface area contributed by atoms with Crippen LogP contribution in [-0.2, 0) is 5.41 Å². The second-order valence-electron chi connectivity index (χ2n) is 18.9. The van der Waals surface area contributed by atoms with Gasteiger partial charge in [-0.2, -0.15) is 0 Å². The molecule has 12 rings (SSSR count). The molecule has 308 valence electrons. The van der Waals surface area contributed by atoms with E-state index in [1.54, 1.807) is 0 Å². The molecule has 0 amide bonds. The number of rotatable bonds is 5. The maximum absolute atomic E-state index is 2.49. The van der Waals surface area contributed by atoms with E-state index >= 15 is 0 Å². The maximum atomic E-state index is 2.49. The summed E-state index contributed by atoms with van der Waals surface area (Å²) < 4.78 is 0. The van der Waals surface area contributed by atoms with Gasteiger partial charge in [-0.15, -0.1) is 0 Å². The quantitative estimate of drug-likeness (QED) is 0.152. The van der Waals surface area contributed by atoms with Crippen molar-refractivity contribution < 1.29 is 0 Å². The number of hydrogen-bond acceptors (Lipinski definition) is 0. The van der Waals surface area contributed by atoms with Gasteiger partial charge in [0.2, 0.25) is 0 Å². The van der Waals surface area contributed by atoms with Gasteiger partial charge in [0, 0.05) is 0 Å². The molecule has 0 saturated carbocycles. The van der Waals surface area contributed by atoms with Crippen molar-refractivity contribution in [1.29, 1.82) is 0 Å². The normalized spacial score (nSPS) is 12.0. The molecule has 12 aromatic rings. The van der Waals surface area contributed by atoms with Crippen LogP contribution in [0.5, 0.6) is 0 Å². The van der Waals surface area contributed by atoms with Crippen LogP contribution in [0, 0.1) is 6.92 Å². The van der Waals surface area contributed by atoms with Gasteiger partial charge >= 0.3 is 0 Å². The van der Waals surface area contributed by atoms with E-state index in [1.165, 1.54) is 131 Å². The molecule has 0 aliphatic rings. The summed E-state index contributed by atoms with van der Waals surface area (Å²) in [5.41, 5.74) is 15.0. The largest absolute Gasteiger partial charge is 0.0622 e. The van der Waals surface area contributed by atoms with Gasteiger partial charge < -0.3 is 0 Å². The number of aryl methyl sites for hydroxylation is 1. The highest BCUT2D eigenvalue weighted by Crippen LogP contribution is 2.47. The zero-order chi connectivity index (χ0) is 43.8. The first-order valence-corrected chi connectivity index (χ1v) is 22.9. The first-order valence-electron chi connectivity index (χ1n) is 22.9. The van der Waals surface area contributed by atoms with Crippen LogP contribution >= 0.6 is 0 Å². The third-order valence-electron chi connectivity index (χ3n) is 13.9. The Morgan fingerprint density at radius 2 is 0.569 bits per heavy atom. The second-order valence-corrected chi connectivity index (χ2v) is 18.9. The number of hydrogen-bond donors (Lipinski definition) is 0. The average Bonchev–Trinajstić information content (AvgIpc) is 3.35. The van der Waals surface area contributed by atoms with Gasteiger partial charge in [-0.3, -0.25) is 0 Å². The van der Waals surface area contributed by atoms with Gasteiger partial charge in [0.25, 0.3) is 0 Å². The molecule has 0 aliphatic carbocycles. The molecule has 0 heterocycles. The van der Waals surface area contributed by atoms with Crippen molar-refractivity contribution in [2.45, 2.75) is 33.1 Å². The molecule has 0 nitrogen and oxygen atoms in total. The lowest BCUT2D eigenvalue weighted by molar-refractivity contribution is 0.591. The summed E-state index contributed by atoms with van der Waals surface area (Å²) in [4.78, 5) is 0. The third-order valence-corrected chi connectivity index (χ3v) is 13.9. The molecule has 0 aromatic heterocycles. The zero-order valence-electron chi connectivity index (χ0n) is 37.3. The van der Waals surface area contributed by atoms with Gasteiger partial charge in [0.1, 0.15) is 0 Å². The van der Waals surface area contributed by atoms with E-state index in [-0.39, 0.29) is 5.41 Å². The van der Waals surface area contributed by atoms with Gasteiger partial charge in [0.15, 0.2) is 0 Å². The highest BCUT2D eigenvalue weighted by molar-refractivity contribution is 6.26. The summed E-state index contributed by atoms with van der Waals surface area (Å²) in [6, 6.07) is 81.8. The van der Waals surface area contributed by atoms with Crippen molar-refractivity contribution in [3.8, 4) is 55.6 Å². The Kier molecular flexibility index (Phi) is 9.07. The Morgan fingerprint density at radius 3 is 1.06 bits per heavy atom. The second kappa shape index (κ2) is 15.2. The molecule has 0 atom stereocenters. The molecular formula is C65H48. The fourth-order valence-electron chi connectivity index (χ4n) is 10.6. The minimum absolute atomic E-state index is 0.0195. The average molecular weight is 829 g/mol. The minimum Gasteiger partial charge on any atom is -0.0622 e. The van der Waals surface area contributed by atoms with Crippen molar-refractivity contribution in [3.05, 3.63) is 230 Å². The van der Waals surface area contributed by atoms with Crippen LogP contribution in [0.15, 0.2) is 218 Å². The SMILES string of the molecule is Cc1cc2c(-c3ccccc3)cc3c4ccccc4c(-c4ccccc4)cc3c2cc1-c1ccc2c(-c3ccccc3)cc3c4ccc(C(C)(C)C)cc4c(-c4ccccc4)cc3c2c1. The van der Waals surface area contributed by atoms with Gasteiger partial charge in [-0.25, -0.2) is 0 Å². The summed E-state index contributed by atoms with van der Waals surface area (Å²) >= 11 is 0. The first kappa shape index (κ1) is 38.8. The van der Waals surface area contributed by atoms with E-state index in [0.29, 0.717) is 0 Å². The number of fused-ring (bicyclic) bond motifs is 10. The van der Waals surface area contributed by atoms with Crippen LogP contribution in [0.4, 0.5) is 0 Å². The summed E-state index contributed by atoms with van der Waals surface area (Å²) in [7, 11) is 0. The fourth-order valence-corrected chi connectivity index (χ4v) is 10.6. The van der Waals surface area contributed by atoms with Crippen molar-refractivity contribution in [3.63, 3.8) is 0 Å². The van der Waals surface area contributed by atoms with E-state index in [9.17, 15) is 0 Å². The van der Waals surface area contributed by atoms with E-state index in [1.807, 2.05) is 0 Å². The van der Waals surface area contributed by atoms with E-state index in [4.69, 9.17) is 0 Å². The summed E-state index contributed by atoms with van der Waals surface area (Å²) in [6.45, 7) is 9.22. The summed E-state index contributed by atoms with van der Waals surface area (Å²) in [5.74, 6) is 0. The van der Waals surface area contributed by atoms with E-state index in [2.05, 4.69) is 246 Å². The Bertz CT molecular complexity index is 3820. The van der Waals surface area contributed by atoms with Gasteiger partial charge in [-0.1, -0.05) is 197 Å². The van der Waals surface area contributed by atoms with E-state index in [0.717, 1.165) is 0 Å². The minimum atomic E-state index is 0.0195. The van der Waals surface area contributed by atoms with Crippen molar-refractivity contribution in [1.82, 2.24) is 0 Å². The van der Waals surface area contributed by atoms with Crippen LogP contribution in [-0.4, -0.2) is 0 Å². The predicted molar refractivity (Wildman–Crippen MR) is 282 cm³/mol. The van der Waals surface area contributed by atoms with Gasteiger partial charge in [-0.05, 0) is 186 Å². The molecule has 0 saturated heterocycles. The molecule has 0 radical (unpaired) electrons. The van der Waals surface area contributed by atoms with Crippen LogP contribution in [0.25, 0.3) is 120 Å². The van der Waals surface area contributed by atoms with Crippen molar-refractivity contribution in [2.75, 3.05) is 0 Å². The molecule has 0 fully saturated rings. The molecule has 0 N–H and O–H groups in total. The smallest absolute Gasteiger partial charge is 0.00921 e. The summed E-state index contributed by atoms with van der Waals surface area (Å²) in [6.07, 6.45) is 0. The highest BCUT2D eigenvalue weighted by atomic mass is 14.2. The van der Waals surface area contributed by atoms with Crippen LogP contribution in [0.2, 0.25) is 0 Å². The highest BCUT2D eigenvalue weighted by Gasteiger charge is 2.21. The van der Waals surface area contributed by atoms with E-state index < -0.39 is 0 Å². The zero-order valence-corrected chi connectivity index (χ0v) is 37.3. The lowest BCUT2D eigenvalue weighted by atomic mass is 9.82. The van der Waals surface area contributed by atoms with Gasteiger partial charge in [0.05, 0.1) is 0 Å². The first-order chi connectivity index (χ1) is 31.8. The van der Waals surface area contributed by atoms with Crippen molar-refractivity contribution in [2.24, 2.45) is 0 Å². The molecule has 0 spiro atoms.